The lowest BCUT2D eigenvalue weighted by Gasteiger charge is -2.23. The van der Waals surface area contributed by atoms with Crippen LogP contribution in [0.3, 0.4) is 0 Å². The van der Waals surface area contributed by atoms with Crippen LogP contribution in [0.4, 0.5) is 11.6 Å². The maximum Gasteiger partial charge on any atom is 0.253 e. The molecule has 10 heteroatoms. The molecule has 1 aliphatic heterocycles. The van der Waals surface area contributed by atoms with Gasteiger partial charge in [-0.1, -0.05) is 6.07 Å². The van der Waals surface area contributed by atoms with Crippen molar-refractivity contribution in [3.63, 3.8) is 0 Å². The Hall–Kier alpha value is -4.44. The lowest BCUT2D eigenvalue weighted by atomic mass is 10.1. The number of amides is 1. The van der Waals surface area contributed by atoms with Gasteiger partial charge in [-0.25, -0.2) is 4.98 Å². The number of hydrogen-bond donors (Lipinski definition) is 2. The number of ether oxygens (including phenoxy) is 2. The fourth-order valence-corrected chi connectivity index (χ4v) is 4.85. The minimum absolute atomic E-state index is 0.0506. The lowest BCUT2D eigenvalue weighted by molar-refractivity contribution is 0.00626. The van der Waals surface area contributed by atoms with Crippen molar-refractivity contribution in [2.45, 2.75) is 32.8 Å². The number of fused-ring (bicyclic) bond motifs is 2. The minimum Gasteiger partial charge on any atom is -0.471 e. The molecule has 0 spiro atoms. The molecule has 3 aromatic heterocycles. The molecule has 0 aliphatic carbocycles. The van der Waals surface area contributed by atoms with Gasteiger partial charge in [-0.3, -0.25) is 4.79 Å². The zero-order valence-electron chi connectivity index (χ0n) is 22.4. The molecule has 10 nitrogen and oxygen atoms in total. The van der Waals surface area contributed by atoms with Crippen molar-refractivity contribution in [1.29, 1.82) is 0 Å². The normalized spacial score (nSPS) is 15.5. The number of aromatic amines is 1. The highest BCUT2D eigenvalue weighted by atomic mass is 16.5. The van der Waals surface area contributed by atoms with E-state index in [1.807, 2.05) is 50.4 Å². The fraction of sp³-hybridized carbons (Fsp3) is 0.310. The third-order valence-corrected chi connectivity index (χ3v) is 6.83. The summed E-state index contributed by atoms with van der Waals surface area (Å²) in [5, 5.41) is 4.09. The molecule has 4 heterocycles. The summed E-state index contributed by atoms with van der Waals surface area (Å²) < 4.78 is 17.9. The summed E-state index contributed by atoms with van der Waals surface area (Å²) in [5.41, 5.74) is 6.33. The Balaban J connectivity index is 1.40. The van der Waals surface area contributed by atoms with E-state index >= 15 is 0 Å². The predicted molar refractivity (Wildman–Crippen MR) is 149 cm³/mol. The largest absolute Gasteiger partial charge is 0.471 e. The number of anilines is 2. The van der Waals surface area contributed by atoms with E-state index in [1.165, 1.54) is 0 Å². The minimum atomic E-state index is -0.107. The van der Waals surface area contributed by atoms with Gasteiger partial charge in [0, 0.05) is 50.6 Å². The van der Waals surface area contributed by atoms with Gasteiger partial charge in [-0.15, -0.1) is 0 Å². The Morgan fingerprint density at radius 1 is 1.13 bits per heavy atom. The summed E-state index contributed by atoms with van der Waals surface area (Å²) in [6.07, 6.45) is 3.62. The van der Waals surface area contributed by atoms with E-state index in [1.54, 1.807) is 25.1 Å². The Bertz CT molecular complexity index is 1680. The maximum absolute atomic E-state index is 12.4. The van der Waals surface area contributed by atoms with Crippen LogP contribution in [0.2, 0.25) is 0 Å². The molecule has 2 aromatic carbocycles. The molecule has 0 radical (unpaired) electrons. The number of aromatic nitrogens is 4. The SMILES string of the molecule is Cc1nc2ccc(-c3c[nH]c4nc(Nc5ccc(C(=O)N(C)C)cc5C)nc(O[C@H]5CCCOC5)c34)cc2o1. The topological polar surface area (TPSA) is 118 Å². The zero-order valence-corrected chi connectivity index (χ0v) is 22.4. The van der Waals surface area contributed by atoms with Crippen LogP contribution in [0.5, 0.6) is 5.88 Å². The van der Waals surface area contributed by atoms with Crippen molar-refractivity contribution in [3.05, 3.63) is 59.6 Å². The first kappa shape index (κ1) is 24.9. The van der Waals surface area contributed by atoms with Gasteiger partial charge in [-0.2, -0.15) is 9.97 Å². The number of rotatable bonds is 6. The second kappa shape index (κ2) is 10.0. The number of carbonyl (C=O) groups excluding carboxylic acids is 1. The molecule has 2 N–H and O–H groups in total. The van der Waals surface area contributed by atoms with Gasteiger partial charge in [-0.05, 0) is 61.2 Å². The first-order valence-corrected chi connectivity index (χ1v) is 13.0. The third-order valence-electron chi connectivity index (χ3n) is 6.83. The average molecular weight is 527 g/mol. The Morgan fingerprint density at radius 2 is 2.00 bits per heavy atom. The number of H-pyrrole nitrogens is 1. The molecule has 39 heavy (non-hydrogen) atoms. The van der Waals surface area contributed by atoms with Crippen LogP contribution in [-0.2, 0) is 4.74 Å². The van der Waals surface area contributed by atoms with Crippen LogP contribution in [0.15, 0.2) is 47.0 Å². The van der Waals surface area contributed by atoms with Gasteiger partial charge in [0.2, 0.25) is 11.8 Å². The molecule has 6 rings (SSSR count). The van der Waals surface area contributed by atoms with Crippen LogP contribution < -0.4 is 10.1 Å². The molecule has 0 bridgehead atoms. The fourth-order valence-electron chi connectivity index (χ4n) is 4.85. The van der Waals surface area contributed by atoms with Crippen molar-refractivity contribution >= 4 is 39.7 Å². The lowest BCUT2D eigenvalue weighted by Crippen LogP contribution is -2.28. The molecule has 5 aromatic rings. The highest BCUT2D eigenvalue weighted by molar-refractivity contribution is 5.99. The first-order valence-electron chi connectivity index (χ1n) is 13.0. The molecule has 1 atom stereocenters. The summed E-state index contributed by atoms with van der Waals surface area (Å²) in [6.45, 7) is 5.03. The molecule has 0 unspecified atom stereocenters. The van der Waals surface area contributed by atoms with Crippen LogP contribution in [0, 0.1) is 13.8 Å². The van der Waals surface area contributed by atoms with Gasteiger partial charge in [0.25, 0.3) is 5.91 Å². The maximum atomic E-state index is 12.4. The van der Waals surface area contributed by atoms with Gasteiger partial charge in [0.15, 0.2) is 11.5 Å². The van der Waals surface area contributed by atoms with E-state index in [9.17, 15) is 4.79 Å². The number of aryl methyl sites for hydroxylation is 2. The summed E-state index contributed by atoms with van der Waals surface area (Å²) >= 11 is 0. The quantitative estimate of drug-likeness (QED) is 0.303. The number of benzene rings is 2. The molecule has 0 saturated carbocycles. The first-order chi connectivity index (χ1) is 18.9. The standard InChI is InChI=1S/C29H30N6O4/c1-16-12-19(28(36)35(3)4)8-9-22(16)32-29-33-26-25(27(34-29)39-20-6-5-11-37-15-20)21(14-30-26)18-7-10-23-24(13-18)38-17(2)31-23/h7-10,12-14,20H,5-6,11,15H2,1-4H3,(H2,30,32,33,34)/t20-/m0/s1. The number of hydrogen-bond acceptors (Lipinski definition) is 8. The van der Waals surface area contributed by atoms with Crippen LogP contribution in [-0.4, -0.2) is 64.2 Å². The van der Waals surface area contributed by atoms with Gasteiger partial charge >= 0.3 is 0 Å². The second-order valence-corrected chi connectivity index (χ2v) is 10.0. The summed E-state index contributed by atoms with van der Waals surface area (Å²) in [5.74, 6) is 1.43. The van der Waals surface area contributed by atoms with Crippen molar-refractivity contribution in [2.24, 2.45) is 0 Å². The Morgan fingerprint density at radius 3 is 2.77 bits per heavy atom. The van der Waals surface area contributed by atoms with E-state index in [2.05, 4.69) is 15.3 Å². The zero-order chi connectivity index (χ0) is 27.1. The molecule has 1 aliphatic rings. The Kier molecular flexibility index (Phi) is 6.40. The number of carbonyl (C=O) groups is 1. The van der Waals surface area contributed by atoms with Crippen molar-refractivity contribution < 1.29 is 18.7 Å². The van der Waals surface area contributed by atoms with E-state index in [0.717, 1.165) is 52.7 Å². The highest BCUT2D eigenvalue weighted by Crippen LogP contribution is 2.37. The molecular weight excluding hydrogens is 496 g/mol. The third kappa shape index (κ3) is 4.90. The molecule has 1 saturated heterocycles. The Labute approximate surface area is 225 Å². The van der Waals surface area contributed by atoms with E-state index in [0.29, 0.717) is 41.1 Å². The second-order valence-electron chi connectivity index (χ2n) is 10.0. The number of oxazole rings is 1. The highest BCUT2D eigenvalue weighted by Gasteiger charge is 2.22. The number of nitrogens with zero attached hydrogens (tertiary/aromatic N) is 4. The van der Waals surface area contributed by atoms with Crippen molar-refractivity contribution in [3.8, 4) is 17.0 Å². The number of nitrogens with one attached hydrogen (secondary N) is 2. The summed E-state index contributed by atoms with van der Waals surface area (Å²) in [4.78, 5) is 31.2. The smallest absolute Gasteiger partial charge is 0.253 e. The van der Waals surface area contributed by atoms with Crippen LogP contribution in [0.25, 0.3) is 33.3 Å². The van der Waals surface area contributed by atoms with Crippen LogP contribution in [0.1, 0.15) is 34.7 Å². The molecular formula is C29H30N6O4. The van der Waals surface area contributed by atoms with Gasteiger partial charge in [0.05, 0.1) is 12.0 Å². The van der Waals surface area contributed by atoms with Gasteiger partial charge in [0.1, 0.15) is 17.3 Å². The van der Waals surface area contributed by atoms with E-state index in [4.69, 9.17) is 23.9 Å². The van der Waals surface area contributed by atoms with Crippen molar-refractivity contribution in [2.75, 3.05) is 32.6 Å². The average Bonchev–Trinajstić information content (AvgIpc) is 3.52. The van der Waals surface area contributed by atoms with Crippen LogP contribution >= 0.6 is 0 Å². The van der Waals surface area contributed by atoms with E-state index in [-0.39, 0.29) is 12.0 Å². The monoisotopic (exact) mass is 526 g/mol. The van der Waals surface area contributed by atoms with E-state index < -0.39 is 0 Å². The van der Waals surface area contributed by atoms with Crippen molar-refractivity contribution in [1.82, 2.24) is 24.8 Å². The molecule has 1 amide bonds. The summed E-state index contributed by atoms with van der Waals surface area (Å²) in [7, 11) is 3.47. The predicted octanol–water partition coefficient (Wildman–Crippen LogP) is 5.39. The molecule has 200 valence electrons. The van der Waals surface area contributed by atoms with Gasteiger partial charge < -0.3 is 29.1 Å². The molecule has 1 fully saturated rings. The summed E-state index contributed by atoms with van der Waals surface area (Å²) in [6, 6.07) is 11.4.